The van der Waals surface area contributed by atoms with Crippen LogP contribution in [0.3, 0.4) is 0 Å². The number of nitrogens with zero attached hydrogens (tertiary/aromatic N) is 2. The number of aryl methyl sites for hydroxylation is 2. The third kappa shape index (κ3) is 2.95. The van der Waals surface area contributed by atoms with E-state index in [2.05, 4.69) is 31.4 Å². The zero-order chi connectivity index (χ0) is 13.1. The van der Waals surface area contributed by atoms with E-state index in [0.717, 1.165) is 10.0 Å². The van der Waals surface area contributed by atoms with E-state index in [1.807, 2.05) is 25.1 Å². The smallest absolute Gasteiger partial charge is 0.252 e. The minimum absolute atomic E-state index is 0.179. The van der Waals surface area contributed by atoms with Gasteiger partial charge in [-0.3, -0.25) is 4.79 Å². The lowest BCUT2D eigenvalue weighted by atomic mass is 10.1. The molecule has 0 saturated carbocycles. The number of hydrogen-bond donors (Lipinski definition) is 1. The number of carbonyl (C=O) groups excluding carboxylic acids is 1. The second-order valence-corrected chi connectivity index (χ2v) is 4.76. The van der Waals surface area contributed by atoms with Gasteiger partial charge < -0.3 is 9.84 Å². The highest BCUT2D eigenvalue weighted by Gasteiger charge is 2.11. The van der Waals surface area contributed by atoms with Crippen LogP contribution in [-0.4, -0.2) is 16.0 Å². The van der Waals surface area contributed by atoms with Gasteiger partial charge in [0.05, 0.1) is 12.1 Å². The molecule has 94 valence electrons. The van der Waals surface area contributed by atoms with Crippen LogP contribution in [0.2, 0.25) is 0 Å². The Morgan fingerprint density at radius 2 is 2.22 bits per heavy atom. The van der Waals surface area contributed by atoms with Crippen molar-refractivity contribution in [2.24, 2.45) is 0 Å². The summed E-state index contributed by atoms with van der Waals surface area (Å²) in [7, 11) is 0. The second kappa shape index (κ2) is 5.30. The molecular weight excluding hydrogens is 298 g/mol. The lowest BCUT2D eigenvalue weighted by Crippen LogP contribution is -2.23. The maximum Gasteiger partial charge on any atom is 0.252 e. The molecule has 1 aromatic heterocycles. The number of aromatic nitrogens is 2. The molecule has 2 aromatic rings. The quantitative estimate of drug-likeness (QED) is 0.945. The maximum atomic E-state index is 12.0. The summed E-state index contributed by atoms with van der Waals surface area (Å²) in [4.78, 5) is 16.0. The maximum absolute atomic E-state index is 12.0. The van der Waals surface area contributed by atoms with Gasteiger partial charge in [-0.05, 0) is 41.9 Å². The molecule has 0 radical (unpaired) electrons. The van der Waals surface area contributed by atoms with Crippen LogP contribution in [0.25, 0.3) is 0 Å². The number of hydrogen-bond acceptors (Lipinski definition) is 4. The second-order valence-electron chi connectivity index (χ2n) is 3.90. The van der Waals surface area contributed by atoms with Gasteiger partial charge in [-0.1, -0.05) is 16.8 Å². The molecule has 0 saturated heterocycles. The monoisotopic (exact) mass is 309 g/mol. The van der Waals surface area contributed by atoms with Gasteiger partial charge in [0.1, 0.15) is 0 Å². The van der Waals surface area contributed by atoms with Crippen molar-refractivity contribution in [3.05, 3.63) is 45.5 Å². The first-order valence-electron chi connectivity index (χ1n) is 5.40. The standard InChI is InChI=1S/C12H12BrN3O2/c1-7-3-4-10(13)9(5-7)12(17)14-6-11-15-8(2)16-18-11/h3-5H,6H2,1-2H3,(H,14,17). The molecule has 2 rings (SSSR count). The molecule has 1 heterocycles. The molecule has 0 aliphatic carbocycles. The van der Waals surface area contributed by atoms with E-state index in [1.165, 1.54) is 0 Å². The first kappa shape index (κ1) is 12.8. The molecule has 0 unspecified atom stereocenters. The molecule has 0 aliphatic rings. The Bertz CT molecular complexity index is 580. The van der Waals surface area contributed by atoms with Gasteiger partial charge in [-0.25, -0.2) is 0 Å². The van der Waals surface area contributed by atoms with Crippen LogP contribution < -0.4 is 5.32 Å². The van der Waals surface area contributed by atoms with Gasteiger partial charge in [0, 0.05) is 4.47 Å². The third-order valence-corrected chi connectivity index (χ3v) is 3.03. The van der Waals surface area contributed by atoms with Gasteiger partial charge >= 0.3 is 0 Å². The normalized spacial score (nSPS) is 10.4. The molecule has 0 aliphatic heterocycles. The molecule has 6 heteroatoms. The van der Waals surface area contributed by atoms with Crippen molar-refractivity contribution >= 4 is 21.8 Å². The van der Waals surface area contributed by atoms with E-state index in [4.69, 9.17) is 4.52 Å². The number of benzene rings is 1. The molecule has 5 nitrogen and oxygen atoms in total. The minimum Gasteiger partial charge on any atom is -0.343 e. The van der Waals surface area contributed by atoms with Crippen LogP contribution in [0.1, 0.15) is 27.6 Å². The topological polar surface area (TPSA) is 68.0 Å². The van der Waals surface area contributed by atoms with Gasteiger partial charge in [0.15, 0.2) is 5.82 Å². The Labute approximate surface area is 113 Å². The van der Waals surface area contributed by atoms with Gasteiger partial charge in [0.2, 0.25) is 5.89 Å². The Morgan fingerprint density at radius 3 is 2.89 bits per heavy atom. The Hall–Kier alpha value is -1.69. The van der Waals surface area contributed by atoms with Crippen molar-refractivity contribution in [2.45, 2.75) is 20.4 Å². The fourth-order valence-electron chi connectivity index (χ4n) is 1.48. The molecule has 0 atom stereocenters. The third-order valence-electron chi connectivity index (χ3n) is 2.34. The lowest BCUT2D eigenvalue weighted by Gasteiger charge is -2.05. The highest BCUT2D eigenvalue weighted by Crippen LogP contribution is 2.18. The fourth-order valence-corrected chi connectivity index (χ4v) is 1.90. The highest BCUT2D eigenvalue weighted by atomic mass is 79.9. The van der Waals surface area contributed by atoms with E-state index in [0.29, 0.717) is 17.3 Å². The Kier molecular flexibility index (Phi) is 3.76. The van der Waals surface area contributed by atoms with Gasteiger partial charge in [-0.15, -0.1) is 0 Å². The number of rotatable bonds is 3. The summed E-state index contributed by atoms with van der Waals surface area (Å²) in [6.45, 7) is 3.89. The molecule has 18 heavy (non-hydrogen) atoms. The molecular formula is C12H12BrN3O2. The SMILES string of the molecule is Cc1ccc(Br)c(C(=O)NCc2nc(C)no2)c1. The summed E-state index contributed by atoms with van der Waals surface area (Å²) in [6, 6.07) is 5.60. The first-order valence-corrected chi connectivity index (χ1v) is 6.19. The van der Waals surface area contributed by atoms with Crippen LogP contribution in [-0.2, 0) is 6.54 Å². The van der Waals surface area contributed by atoms with Crippen LogP contribution in [0.15, 0.2) is 27.2 Å². The lowest BCUT2D eigenvalue weighted by molar-refractivity contribution is 0.0945. The summed E-state index contributed by atoms with van der Waals surface area (Å²) in [6.07, 6.45) is 0. The van der Waals surface area contributed by atoms with Crippen LogP contribution in [0.5, 0.6) is 0 Å². The van der Waals surface area contributed by atoms with Crippen molar-refractivity contribution < 1.29 is 9.32 Å². The summed E-state index contributed by atoms with van der Waals surface area (Å²) in [5.41, 5.74) is 1.61. The number of halogens is 1. The van der Waals surface area contributed by atoms with Crippen LogP contribution in [0.4, 0.5) is 0 Å². The average Bonchev–Trinajstić information content (AvgIpc) is 2.75. The summed E-state index contributed by atoms with van der Waals surface area (Å²) >= 11 is 3.35. The van der Waals surface area contributed by atoms with Crippen LogP contribution in [0, 0.1) is 13.8 Å². The predicted octanol–water partition coefficient (Wildman–Crippen LogP) is 2.38. The largest absolute Gasteiger partial charge is 0.343 e. The molecule has 0 fully saturated rings. The molecule has 1 aromatic carbocycles. The van der Waals surface area contributed by atoms with Crippen molar-refractivity contribution in [1.29, 1.82) is 0 Å². The van der Waals surface area contributed by atoms with E-state index in [9.17, 15) is 4.79 Å². The predicted molar refractivity (Wildman–Crippen MR) is 69.1 cm³/mol. The number of carbonyl (C=O) groups is 1. The van der Waals surface area contributed by atoms with E-state index < -0.39 is 0 Å². The van der Waals surface area contributed by atoms with E-state index in [1.54, 1.807) is 6.92 Å². The summed E-state index contributed by atoms with van der Waals surface area (Å²) < 4.78 is 5.67. The summed E-state index contributed by atoms with van der Waals surface area (Å²) in [5.74, 6) is 0.766. The van der Waals surface area contributed by atoms with Crippen molar-refractivity contribution in [1.82, 2.24) is 15.5 Å². The zero-order valence-electron chi connectivity index (χ0n) is 10.0. The van der Waals surface area contributed by atoms with Crippen molar-refractivity contribution in [2.75, 3.05) is 0 Å². The van der Waals surface area contributed by atoms with Gasteiger partial charge in [0.25, 0.3) is 5.91 Å². The summed E-state index contributed by atoms with van der Waals surface area (Å²) in [5, 5.41) is 6.38. The molecule has 1 amide bonds. The van der Waals surface area contributed by atoms with E-state index in [-0.39, 0.29) is 12.5 Å². The highest BCUT2D eigenvalue weighted by molar-refractivity contribution is 9.10. The molecule has 0 bridgehead atoms. The molecule has 0 spiro atoms. The van der Waals surface area contributed by atoms with Crippen molar-refractivity contribution in [3.8, 4) is 0 Å². The zero-order valence-corrected chi connectivity index (χ0v) is 11.6. The van der Waals surface area contributed by atoms with Crippen LogP contribution >= 0.6 is 15.9 Å². The van der Waals surface area contributed by atoms with Gasteiger partial charge in [-0.2, -0.15) is 4.98 Å². The molecule has 1 N–H and O–H groups in total. The minimum atomic E-state index is -0.179. The number of nitrogens with one attached hydrogen (secondary N) is 1. The average molecular weight is 310 g/mol. The fraction of sp³-hybridized carbons (Fsp3) is 0.250. The number of amides is 1. The van der Waals surface area contributed by atoms with E-state index >= 15 is 0 Å². The Morgan fingerprint density at radius 1 is 1.44 bits per heavy atom. The van der Waals surface area contributed by atoms with Crippen molar-refractivity contribution in [3.63, 3.8) is 0 Å². The first-order chi connectivity index (χ1) is 8.56. The Balaban J connectivity index is 2.05.